The molecule has 4 atom stereocenters. The molecule has 12 N–H and O–H groups in total. The average Bonchev–Trinajstić information content (AvgIpc) is 3.25. The van der Waals surface area contributed by atoms with Gasteiger partial charge in [-0.3, -0.25) is 0 Å². The van der Waals surface area contributed by atoms with E-state index in [4.69, 9.17) is 18.1 Å². The van der Waals surface area contributed by atoms with Crippen molar-refractivity contribution in [2.75, 3.05) is 0 Å². The molecule has 0 aliphatic heterocycles. The van der Waals surface area contributed by atoms with Crippen LogP contribution in [0, 0.1) is 13.8 Å². The van der Waals surface area contributed by atoms with Gasteiger partial charge in [0.15, 0.2) is 0 Å². The fourth-order valence-electron chi connectivity index (χ4n) is 5.89. The zero-order valence-corrected chi connectivity index (χ0v) is 45.8. The summed E-state index contributed by atoms with van der Waals surface area (Å²) in [7, 11) is -16.0. The molecule has 0 bridgehead atoms. The number of sulfonamides is 2. The predicted molar refractivity (Wildman–Crippen MR) is 272 cm³/mol. The van der Waals surface area contributed by atoms with Crippen LogP contribution in [0.3, 0.4) is 0 Å². The number of hydrogen-bond donors (Lipinski definition) is 2. The smallest absolute Gasteiger partial charge is 0.412 e. The third kappa shape index (κ3) is 20.1. The maximum atomic E-state index is 14.2. The summed E-state index contributed by atoms with van der Waals surface area (Å²) in [5.74, 6) is -0.890. The minimum Gasteiger partial charge on any atom is -0.412 e. The van der Waals surface area contributed by atoms with Crippen molar-refractivity contribution in [3.05, 3.63) is 181 Å². The first-order valence-corrected chi connectivity index (χ1v) is 28.8. The van der Waals surface area contributed by atoms with Gasteiger partial charge in [0.2, 0.25) is 0 Å². The van der Waals surface area contributed by atoms with Crippen molar-refractivity contribution < 1.29 is 71.4 Å². The van der Waals surface area contributed by atoms with Crippen molar-refractivity contribution >= 4 is 68.3 Å². The Balaban J connectivity index is 0.00000125. The Hall–Kier alpha value is -4.31. The van der Waals surface area contributed by atoms with Crippen LogP contribution in [0.5, 0.6) is 23.0 Å². The first-order chi connectivity index (χ1) is 30.4. The third-order valence-corrected chi connectivity index (χ3v) is 17.4. The Morgan fingerprint density at radius 2 is 0.638 bits per heavy atom. The molecule has 69 heavy (non-hydrogen) atoms. The molecule has 0 saturated heterocycles. The van der Waals surface area contributed by atoms with Crippen LogP contribution in [0.1, 0.15) is 37.8 Å². The van der Waals surface area contributed by atoms with Gasteiger partial charge in [-0.15, -0.1) is 0 Å². The predicted octanol–water partition coefficient (Wildman–Crippen LogP) is 6.51. The van der Waals surface area contributed by atoms with Crippen molar-refractivity contribution in [1.29, 1.82) is 0 Å². The standard InChI is InChI=1S/2C23H25GeNO5PS.5H2O/c2*1-18-13-15-22(16-14-18)32(27,28)25-23(17-19(2)24)31(26,29-20-9-5-3-6-10-20)30-21-11-7-4-8-12-21;;;;;/h2*3-16,19,23,25H,17H2,1-2H3;5*1H2. The molecule has 6 radical (unpaired) electrons. The quantitative estimate of drug-likeness (QED) is 0.0616. The fraction of sp³-hybridized carbons (Fsp3) is 0.217. The Morgan fingerprint density at radius 3 is 0.841 bits per heavy atom. The maximum absolute atomic E-state index is 14.2. The summed E-state index contributed by atoms with van der Waals surface area (Å²) < 4.78 is 110. The normalized spacial score (nSPS) is 12.8. The van der Waals surface area contributed by atoms with E-state index in [0.717, 1.165) is 11.1 Å². The summed E-state index contributed by atoms with van der Waals surface area (Å²) in [6.07, 6.45) is 0.504. The number of para-hydroxylation sites is 4. The van der Waals surface area contributed by atoms with Gasteiger partial charge in [-0.05, 0) is 0 Å². The minimum absolute atomic E-state index is 0. The molecule has 0 aliphatic carbocycles. The number of nitrogens with one attached hydrogen (secondary N) is 2. The molecule has 0 heterocycles. The average molecular weight is 1150 g/mol. The van der Waals surface area contributed by atoms with E-state index >= 15 is 0 Å². The van der Waals surface area contributed by atoms with E-state index < -0.39 is 46.8 Å². The second-order valence-corrected chi connectivity index (χ2v) is 26.6. The van der Waals surface area contributed by atoms with Crippen LogP contribution < -0.4 is 27.5 Å². The van der Waals surface area contributed by atoms with Gasteiger partial charge in [0.25, 0.3) is 0 Å². The molecule has 0 amide bonds. The van der Waals surface area contributed by atoms with Crippen molar-refractivity contribution in [1.82, 2.24) is 9.44 Å². The Morgan fingerprint density at radius 1 is 0.420 bits per heavy atom. The van der Waals surface area contributed by atoms with Crippen LogP contribution in [0.15, 0.2) is 180 Å². The van der Waals surface area contributed by atoms with E-state index in [1.54, 1.807) is 121 Å². The van der Waals surface area contributed by atoms with Gasteiger partial charge < -0.3 is 27.4 Å². The van der Waals surface area contributed by atoms with Crippen molar-refractivity contribution in [3.8, 4) is 23.0 Å². The van der Waals surface area contributed by atoms with Crippen LogP contribution in [-0.4, -0.2) is 88.8 Å². The second-order valence-electron chi connectivity index (χ2n) is 14.9. The van der Waals surface area contributed by atoms with Crippen molar-refractivity contribution in [3.63, 3.8) is 0 Å². The van der Waals surface area contributed by atoms with Crippen LogP contribution in [0.2, 0.25) is 9.50 Å². The SMILES string of the molecule is Cc1ccc(S(=O)(=O)NC(C[CH](C)[Ge])P(=O)(Oc2ccccc2)Oc2ccccc2)cc1.Cc1ccc(S(=O)(=O)NC(C[CH](C)[Ge])P(=O)(Oc2ccccc2)Oc2ccccc2)cc1.O.O.O.O.O. The van der Waals surface area contributed by atoms with Gasteiger partial charge in [0.1, 0.15) is 0 Å². The molecule has 6 aromatic carbocycles. The monoisotopic (exact) mass is 1150 g/mol. The molecule has 17 nitrogen and oxygen atoms in total. The Kier molecular flexibility index (Phi) is 27.9. The van der Waals surface area contributed by atoms with Gasteiger partial charge in [0, 0.05) is 0 Å². The Labute approximate surface area is 421 Å². The van der Waals surface area contributed by atoms with Gasteiger partial charge >= 0.3 is 397 Å². The molecule has 0 fully saturated rings. The maximum Gasteiger partial charge on any atom is -0.412 e. The number of benzene rings is 6. The van der Waals surface area contributed by atoms with Crippen LogP contribution in [0.25, 0.3) is 0 Å². The van der Waals surface area contributed by atoms with Crippen LogP contribution in [-0.2, 0) is 29.2 Å². The second kappa shape index (κ2) is 29.8. The first kappa shape index (κ1) is 64.7. The summed E-state index contributed by atoms with van der Waals surface area (Å²) in [5, 5.41) is 0. The number of hydrogen-bond acceptors (Lipinski definition) is 10. The van der Waals surface area contributed by atoms with Gasteiger partial charge in [-0.1, -0.05) is 0 Å². The molecule has 0 aliphatic rings. The molecule has 374 valence electrons. The van der Waals surface area contributed by atoms with E-state index in [2.05, 4.69) is 9.44 Å². The molecule has 4 unspecified atom stereocenters. The van der Waals surface area contributed by atoms with Crippen LogP contribution >= 0.6 is 15.2 Å². The van der Waals surface area contributed by atoms with E-state index in [1.165, 1.54) is 24.3 Å². The van der Waals surface area contributed by atoms with E-state index in [1.807, 2.05) is 85.0 Å². The summed E-state index contributed by atoms with van der Waals surface area (Å²) >= 11 is 3.84. The molecule has 23 heteroatoms. The molecule has 0 saturated carbocycles. The van der Waals surface area contributed by atoms with Crippen molar-refractivity contribution in [2.45, 2.75) is 71.4 Å². The minimum atomic E-state index is -4.04. The molecule has 0 spiro atoms. The number of aryl methyl sites for hydroxylation is 2. The topological polar surface area (TPSA) is 321 Å². The zero-order valence-electron chi connectivity index (χ0n) is 38.2. The summed E-state index contributed by atoms with van der Waals surface area (Å²) in [4.78, 5) is 0.172. The summed E-state index contributed by atoms with van der Waals surface area (Å²) in [5.41, 5.74) is 1.88. The van der Waals surface area contributed by atoms with Gasteiger partial charge in [0.05, 0.1) is 0 Å². The molecule has 6 aromatic rings. The zero-order chi connectivity index (χ0) is 46.4. The van der Waals surface area contributed by atoms with E-state index in [9.17, 15) is 26.0 Å². The fourth-order valence-corrected chi connectivity index (χ4v) is 15.1. The third-order valence-electron chi connectivity index (χ3n) is 9.07. The van der Waals surface area contributed by atoms with Crippen LogP contribution in [0.4, 0.5) is 0 Å². The molecular weight excluding hydrogens is 1090 g/mol. The molecule has 6 rings (SSSR count). The van der Waals surface area contributed by atoms with Gasteiger partial charge in [-0.2, -0.15) is 0 Å². The first-order valence-electron chi connectivity index (χ1n) is 20.1. The summed E-state index contributed by atoms with van der Waals surface area (Å²) in [6, 6.07) is 47.4. The largest absolute Gasteiger partial charge is 0.412 e. The Bertz CT molecular complexity index is 2420. The van der Waals surface area contributed by atoms with Crippen molar-refractivity contribution in [2.24, 2.45) is 0 Å². The van der Waals surface area contributed by atoms with E-state index in [-0.39, 0.29) is 59.5 Å². The van der Waals surface area contributed by atoms with Gasteiger partial charge in [-0.25, -0.2) is 0 Å². The van der Waals surface area contributed by atoms with E-state index in [0.29, 0.717) is 23.0 Å². The molecule has 0 aromatic heterocycles. The molecular formula is C46H60Ge2N2O15P2S2. The summed E-state index contributed by atoms with van der Waals surface area (Å²) in [6.45, 7) is 7.59. The number of rotatable bonds is 20.